The monoisotopic (exact) mass is 342 g/mol. The van der Waals surface area contributed by atoms with Crippen LogP contribution in [0.4, 0.5) is 10.5 Å². The number of halogens is 1. The molecule has 1 aromatic rings. The van der Waals surface area contributed by atoms with E-state index in [0.29, 0.717) is 12.1 Å². The van der Waals surface area contributed by atoms with Crippen molar-refractivity contribution in [2.45, 2.75) is 39.2 Å². The summed E-state index contributed by atoms with van der Waals surface area (Å²) in [6.07, 6.45) is 2.08. The molecule has 0 radical (unpaired) electrons. The molecule has 1 unspecified atom stereocenters. The highest BCUT2D eigenvalue weighted by atomic mass is 79.9. The second kappa shape index (κ2) is 7.89. The number of anilines is 1. The Labute approximate surface area is 126 Å². The molecule has 0 aliphatic heterocycles. The number of carbonyl (C=O) groups excluding carboxylic acids is 1. The molecule has 1 rings (SSSR count). The molecular formula is C14H19BrN2O3. The minimum absolute atomic E-state index is 0.429. The van der Waals surface area contributed by atoms with Gasteiger partial charge in [-0.05, 0) is 37.1 Å². The summed E-state index contributed by atoms with van der Waals surface area (Å²) in [4.78, 5) is 22.9. The third kappa shape index (κ3) is 5.21. The van der Waals surface area contributed by atoms with Crippen molar-refractivity contribution in [3.8, 4) is 0 Å². The molecule has 0 aliphatic rings. The van der Waals surface area contributed by atoms with E-state index in [4.69, 9.17) is 5.11 Å². The van der Waals surface area contributed by atoms with E-state index in [1.54, 1.807) is 6.07 Å². The Morgan fingerprint density at radius 1 is 1.40 bits per heavy atom. The largest absolute Gasteiger partial charge is 0.480 e. The number of hydrogen-bond donors (Lipinski definition) is 3. The molecule has 0 aliphatic carbocycles. The molecule has 3 N–H and O–H groups in total. The van der Waals surface area contributed by atoms with Gasteiger partial charge in [0.15, 0.2) is 0 Å². The van der Waals surface area contributed by atoms with Gasteiger partial charge >= 0.3 is 12.0 Å². The fraction of sp³-hybridized carbons (Fsp3) is 0.429. The van der Waals surface area contributed by atoms with E-state index in [1.165, 1.54) is 0 Å². The molecule has 0 saturated carbocycles. The molecule has 0 bridgehead atoms. The number of aliphatic carboxylic acids is 1. The lowest BCUT2D eigenvalue weighted by Crippen LogP contribution is -2.43. The van der Waals surface area contributed by atoms with Crippen LogP contribution in [0, 0.1) is 6.92 Å². The summed E-state index contributed by atoms with van der Waals surface area (Å²) in [6.45, 7) is 3.84. The zero-order chi connectivity index (χ0) is 15.1. The van der Waals surface area contributed by atoms with Gasteiger partial charge in [-0.1, -0.05) is 35.7 Å². The van der Waals surface area contributed by atoms with Crippen LogP contribution >= 0.6 is 15.9 Å². The van der Waals surface area contributed by atoms with Gasteiger partial charge < -0.3 is 15.7 Å². The summed E-state index contributed by atoms with van der Waals surface area (Å²) in [5.74, 6) is -1.01. The van der Waals surface area contributed by atoms with E-state index >= 15 is 0 Å². The Hall–Kier alpha value is -1.56. The van der Waals surface area contributed by atoms with Crippen molar-refractivity contribution < 1.29 is 14.7 Å². The zero-order valence-corrected chi connectivity index (χ0v) is 13.2. The summed E-state index contributed by atoms with van der Waals surface area (Å²) in [7, 11) is 0. The molecule has 1 atom stereocenters. The topological polar surface area (TPSA) is 78.4 Å². The summed E-state index contributed by atoms with van der Waals surface area (Å²) >= 11 is 3.34. The van der Waals surface area contributed by atoms with E-state index in [1.807, 2.05) is 26.0 Å². The highest BCUT2D eigenvalue weighted by molar-refractivity contribution is 9.10. The third-order valence-electron chi connectivity index (χ3n) is 2.89. The number of nitrogens with one attached hydrogen (secondary N) is 2. The summed E-state index contributed by atoms with van der Waals surface area (Å²) in [6, 6.07) is 4.10. The Kier molecular flexibility index (Phi) is 6.51. The number of carboxylic acids is 1. The fourth-order valence-electron chi connectivity index (χ4n) is 1.75. The summed E-state index contributed by atoms with van der Waals surface area (Å²) < 4.78 is 0.923. The molecule has 0 spiro atoms. The number of carbonyl (C=O) groups is 2. The molecule has 6 heteroatoms. The Bertz CT molecular complexity index is 491. The molecule has 2 amide bonds. The second-order valence-corrected chi connectivity index (χ2v) is 5.51. The molecule has 5 nitrogen and oxygen atoms in total. The van der Waals surface area contributed by atoms with Gasteiger partial charge in [0.1, 0.15) is 6.04 Å². The van der Waals surface area contributed by atoms with Crippen LogP contribution in [0.5, 0.6) is 0 Å². The van der Waals surface area contributed by atoms with E-state index < -0.39 is 18.0 Å². The summed E-state index contributed by atoms with van der Waals surface area (Å²) in [5, 5.41) is 14.2. The average Bonchev–Trinajstić information content (AvgIpc) is 2.37. The third-order valence-corrected chi connectivity index (χ3v) is 3.38. The molecular weight excluding hydrogens is 324 g/mol. The number of aryl methyl sites for hydroxylation is 1. The predicted molar refractivity (Wildman–Crippen MR) is 82.0 cm³/mol. The molecule has 1 aromatic carbocycles. The SMILES string of the molecule is CCCCC(NC(=O)Nc1ccc(Br)cc1C)C(=O)O. The van der Waals surface area contributed by atoms with Gasteiger partial charge in [-0.2, -0.15) is 0 Å². The first-order valence-corrected chi connectivity index (χ1v) is 7.29. The van der Waals surface area contributed by atoms with E-state index in [-0.39, 0.29) is 0 Å². The van der Waals surface area contributed by atoms with Crippen LogP contribution in [0.3, 0.4) is 0 Å². The highest BCUT2D eigenvalue weighted by Gasteiger charge is 2.19. The van der Waals surface area contributed by atoms with Gasteiger partial charge in [0.25, 0.3) is 0 Å². The molecule has 110 valence electrons. The fourth-order valence-corrected chi connectivity index (χ4v) is 2.23. The number of benzene rings is 1. The number of hydrogen-bond acceptors (Lipinski definition) is 2. The second-order valence-electron chi connectivity index (χ2n) is 4.59. The number of unbranched alkanes of at least 4 members (excludes halogenated alkanes) is 1. The van der Waals surface area contributed by atoms with Crippen molar-refractivity contribution in [1.29, 1.82) is 0 Å². The lowest BCUT2D eigenvalue weighted by Gasteiger charge is -2.15. The lowest BCUT2D eigenvalue weighted by molar-refractivity contribution is -0.139. The molecule has 0 fully saturated rings. The Morgan fingerprint density at radius 2 is 2.10 bits per heavy atom. The van der Waals surface area contributed by atoms with E-state index in [9.17, 15) is 9.59 Å². The number of carboxylic acid groups (broad SMARTS) is 1. The van der Waals surface area contributed by atoms with Gasteiger partial charge in [-0.15, -0.1) is 0 Å². The minimum Gasteiger partial charge on any atom is -0.480 e. The Morgan fingerprint density at radius 3 is 2.65 bits per heavy atom. The van der Waals surface area contributed by atoms with Crippen LogP contribution in [0.1, 0.15) is 31.7 Å². The minimum atomic E-state index is -1.01. The van der Waals surface area contributed by atoms with Crippen LogP contribution in [0.25, 0.3) is 0 Å². The van der Waals surface area contributed by atoms with Crippen LogP contribution in [-0.4, -0.2) is 23.1 Å². The first kappa shape index (κ1) is 16.5. The molecule has 0 aromatic heterocycles. The first-order chi connectivity index (χ1) is 9.43. The number of amides is 2. The Balaban J connectivity index is 2.63. The maximum Gasteiger partial charge on any atom is 0.326 e. The van der Waals surface area contributed by atoms with Crippen molar-refractivity contribution >= 4 is 33.6 Å². The van der Waals surface area contributed by atoms with Crippen LogP contribution in [-0.2, 0) is 4.79 Å². The molecule has 20 heavy (non-hydrogen) atoms. The predicted octanol–water partition coefficient (Wildman–Crippen LogP) is 3.52. The van der Waals surface area contributed by atoms with Crippen molar-refractivity contribution in [3.63, 3.8) is 0 Å². The first-order valence-electron chi connectivity index (χ1n) is 6.50. The number of rotatable bonds is 6. The van der Waals surface area contributed by atoms with E-state index in [0.717, 1.165) is 22.9 Å². The maximum absolute atomic E-state index is 11.8. The molecule has 0 heterocycles. The number of urea groups is 1. The molecule has 0 saturated heterocycles. The lowest BCUT2D eigenvalue weighted by atomic mass is 10.1. The maximum atomic E-state index is 11.8. The van der Waals surface area contributed by atoms with E-state index in [2.05, 4.69) is 26.6 Å². The van der Waals surface area contributed by atoms with Gasteiger partial charge in [-0.25, -0.2) is 9.59 Å². The van der Waals surface area contributed by atoms with Crippen molar-refractivity contribution in [1.82, 2.24) is 5.32 Å². The quantitative estimate of drug-likeness (QED) is 0.739. The standard InChI is InChI=1S/C14H19BrN2O3/c1-3-4-5-12(13(18)19)17-14(20)16-11-7-6-10(15)8-9(11)2/h6-8,12H,3-5H2,1-2H3,(H,18,19)(H2,16,17,20). The van der Waals surface area contributed by atoms with Gasteiger partial charge in [0.05, 0.1) is 0 Å². The highest BCUT2D eigenvalue weighted by Crippen LogP contribution is 2.19. The van der Waals surface area contributed by atoms with Gasteiger partial charge in [-0.3, -0.25) is 0 Å². The summed E-state index contributed by atoms with van der Waals surface area (Å²) in [5.41, 5.74) is 1.56. The van der Waals surface area contributed by atoms with Crippen molar-refractivity contribution in [3.05, 3.63) is 28.2 Å². The van der Waals surface area contributed by atoms with Crippen LogP contribution in [0.2, 0.25) is 0 Å². The van der Waals surface area contributed by atoms with Gasteiger partial charge in [0, 0.05) is 10.2 Å². The van der Waals surface area contributed by atoms with Crippen LogP contribution in [0.15, 0.2) is 22.7 Å². The normalized spacial score (nSPS) is 11.8. The van der Waals surface area contributed by atoms with Crippen LogP contribution < -0.4 is 10.6 Å². The van der Waals surface area contributed by atoms with Gasteiger partial charge in [0.2, 0.25) is 0 Å². The zero-order valence-electron chi connectivity index (χ0n) is 11.6. The smallest absolute Gasteiger partial charge is 0.326 e. The van der Waals surface area contributed by atoms with Crippen molar-refractivity contribution in [2.75, 3.05) is 5.32 Å². The van der Waals surface area contributed by atoms with Crippen molar-refractivity contribution in [2.24, 2.45) is 0 Å². The average molecular weight is 343 g/mol.